The molecule has 1 heteroatoms. The molecule has 0 amide bonds. The predicted octanol–water partition coefficient (Wildman–Crippen LogP) is 2.91. The summed E-state index contributed by atoms with van der Waals surface area (Å²) in [6, 6.07) is 0.770. The Hall–Kier alpha value is -0.0400. The summed E-state index contributed by atoms with van der Waals surface area (Å²) in [5, 5.41) is 3.44. The molecular weight excluding hydrogens is 158 g/mol. The first-order chi connectivity index (χ1) is 6.07. The average Bonchev–Trinajstić information content (AvgIpc) is 2.45. The monoisotopic (exact) mass is 183 g/mol. The molecule has 1 nitrogen and oxygen atoms in total. The Morgan fingerprint density at radius 2 is 1.77 bits per heavy atom. The standard InChI is InChI=1S/C12H25N/c1-8(2)9(3)11-6-7-12(13-5)10(11)4/h8-13H,6-7H2,1-5H3. The van der Waals surface area contributed by atoms with Gasteiger partial charge in [-0.1, -0.05) is 27.7 Å². The van der Waals surface area contributed by atoms with Gasteiger partial charge in [0, 0.05) is 6.04 Å². The third kappa shape index (κ3) is 2.25. The van der Waals surface area contributed by atoms with Crippen molar-refractivity contribution in [3.8, 4) is 0 Å². The first-order valence-electron chi connectivity index (χ1n) is 5.75. The molecule has 0 bridgehead atoms. The highest BCUT2D eigenvalue weighted by atomic mass is 14.9. The lowest BCUT2D eigenvalue weighted by atomic mass is 9.79. The molecule has 0 spiro atoms. The third-order valence-corrected chi connectivity index (χ3v) is 4.22. The van der Waals surface area contributed by atoms with E-state index in [2.05, 4.69) is 40.1 Å². The van der Waals surface area contributed by atoms with Gasteiger partial charge in [-0.2, -0.15) is 0 Å². The molecule has 1 aliphatic carbocycles. The lowest BCUT2D eigenvalue weighted by molar-refractivity contribution is 0.220. The van der Waals surface area contributed by atoms with E-state index in [0.29, 0.717) is 0 Å². The zero-order chi connectivity index (χ0) is 10.0. The molecule has 0 aromatic carbocycles. The van der Waals surface area contributed by atoms with E-state index in [-0.39, 0.29) is 0 Å². The minimum Gasteiger partial charge on any atom is -0.317 e. The highest BCUT2D eigenvalue weighted by molar-refractivity contribution is 4.88. The molecule has 1 rings (SSSR count). The second kappa shape index (κ2) is 4.45. The Morgan fingerprint density at radius 3 is 2.15 bits per heavy atom. The number of nitrogens with one attached hydrogen (secondary N) is 1. The fraction of sp³-hybridized carbons (Fsp3) is 1.00. The Labute approximate surface area is 83.3 Å². The van der Waals surface area contributed by atoms with Crippen molar-refractivity contribution in [1.29, 1.82) is 0 Å². The molecule has 1 saturated carbocycles. The lowest BCUT2D eigenvalue weighted by Crippen LogP contribution is -2.31. The molecule has 78 valence electrons. The first kappa shape index (κ1) is 11.0. The summed E-state index contributed by atoms with van der Waals surface area (Å²) < 4.78 is 0. The van der Waals surface area contributed by atoms with Crippen molar-refractivity contribution in [2.75, 3.05) is 7.05 Å². The van der Waals surface area contributed by atoms with Gasteiger partial charge in [0.2, 0.25) is 0 Å². The molecule has 0 radical (unpaired) electrons. The van der Waals surface area contributed by atoms with Crippen molar-refractivity contribution in [2.24, 2.45) is 23.7 Å². The fourth-order valence-corrected chi connectivity index (χ4v) is 2.84. The van der Waals surface area contributed by atoms with Crippen molar-refractivity contribution in [2.45, 2.75) is 46.6 Å². The average molecular weight is 183 g/mol. The second-order valence-corrected chi connectivity index (χ2v) is 5.10. The topological polar surface area (TPSA) is 12.0 Å². The fourth-order valence-electron chi connectivity index (χ4n) is 2.84. The van der Waals surface area contributed by atoms with Gasteiger partial charge in [-0.25, -0.2) is 0 Å². The smallest absolute Gasteiger partial charge is 0.00925 e. The van der Waals surface area contributed by atoms with Crippen LogP contribution in [0.2, 0.25) is 0 Å². The molecule has 0 heterocycles. The summed E-state index contributed by atoms with van der Waals surface area (Å²) in [6.45, 7) is 9.54. The summed E-state index contributed by atoms with van der Waals surface area (Å²) in [6.07, 6.45) is 2.80. The van der Waals surface area contributed by atoms with Crippen LogP contribution in [0.5, 0.6) is 0 Å². The van der Waals surface area contributed by atoms with E-state index >= 15 is 0 Å². The molecule has 0 aromatic heterocycles. The van der Waals surface area contributed by atoms with Crippen LogP contribution >= 0.6 is 0 Å². The Balaban J connectivity index is 2.53. The van der Waals surface area contributed by atoms with Crippen LogP contribution in [0.1, 0.15) is 40.5 Å². The minimum absolute atomic E-state index is 0.770. The lowest BCUT2D eigenvalue weighted by Gasteiger charge is -2.28. The largest absolute Gasteiger partial charge is 0.317 e. The van der Waals surface area contributed by atoms with Crippen molar-refractivity contribution in [1.82, 2.24) is 5.32 Å². The molecular formula is C12H25N. The van der Waals surface area contributed by atoms with Gasteiger partial charge < -0.3 is 5.32 Å². The van der Waals surface area contributed by atoms with Crippen LogP contribution in [0.4, 0.5) is 0 Å². The molecule has 4 atom stereocenters. The number of rotatable bonds is 3. The van der Waals surface area contributed by atoms with Crippen molar-refractivity contribution in [3.05, 3.63) is 0 Å². The summed E-state index contributed by atoms with van der Waals surface area (Å²) >= 11 is 0. The molecule has 0 aliphatic heterocycles. The SMILES string of the molecule is CNC1CCC(C(C)C(C)C)C1C. The zero-order valence-electron chi connectivity index (χ0n) is 9.80. The Kier molecular flexibility index (Phi) is 3.78. The molecule has 1 N–H and O–H groups in total. The molecule has 1 fully saturated rings. The summed E-state index contributed by atoms with van der Waals surface area (Å²) in [7, 11) is 2.10. The van der Waals surface area contributed by atoms with Crippen molar-refractivity contribution in [3.63, 3.8) is 0 Å². The number of hydrogen-bond acceptors (Lipinski definition) is 1. The van der Waals surface area contributed by atoms with E-state index in [1.165, 1.54) is 12.8 Å². The van der Waals surface area contributed by atoms with E-state index in [9.17, 15) is 0 Å². The van der Waals surface area contributed by atoms with Gasteiger partial charge >= 0.3 is 0 Å². The van der Waals surface area contributed by atoms with E-state index < -0.39 is 0 Å². The van der Waals surface area contributed by atoms with E-state index in [4.69, 9.17) is 0 Å². The van der Waals surface area contributed by atoms with E-state index in [0.717, 1.165) is 29.7 Å². The van der Waals surface area contributed by atoms with Gasteiger partial charge in [0.25, 0.3) is 0 Å². The van der Waals surface area contributed by atoms with Crippen molar-refractivity contribution < 1.29 is 0 Å². The van der Waals surface area contributed by atoms with Crippen LogP contribution in [-0.4, -0.2) is 13.1 Å². The third-order valence-electron chi connectivity index (χ3n) is 4.22. The summed E-state index contributed by atoms with van der Waals surface area (Å²) in [5.41, 5.74) is 0. The maximum atomic E-state index is 3.44. The predicted molar refractivity (Wildman–Crippen MR) is 58.7 cm³/mol. The van der Waals surface area contributed by atoms with Crippen LogP contribution in [-0.2, 0) is 0 Å². The van der Waals surface area contributed by atoms with Gasteiger partial charge in [-0.3, -0.25) is 0 Å². The van der Waals surface area contributed by atoms with Crippen LogP contribution in [0.15, 0.2) is 0 Å². The number of hydrogen-bond donors (Lipinski definition) is 1. The molecule has 0 saturated heterocycles. The molecule has 0 aromatic rings. The van der Waals surface area contributed by atoms with Crippen molar-refractivity contribution >= 4 is 0 Å². The normalized spacial score (nSPS) is 36.9. The van der Waals surface area contributed by atoms with Gasteiger partial charge in [0.05, 0.1) is 0 Å². The van der Waals surface area contributed by atoms with Gasteiger partial charge in [-0.05, 0) is 43.6 Å². The Bertz CT molecular complexity index is 153. The molecule has 1 aliphatic rings. The van der Waals surface area contributed by atoms with Crippen LogP contribution < -0.4 is 5.32 Å². The molecule has 13 heavy (non-hydrogen) atoms. The highest BCUT2D eigenvalue weighted by Gasteiger charge is 2.35. The second-order valence-electron chi connectivity index (χ2n) is 5.10. The van der Waals surface area contributed by atoms with E-state index in [1.807, 2.05) is 0 Å². The van der Waals surface area contributed by atoms with Gasteiger partial charge in [-0.15, -0.1) is 0 Å². The van der Waals surface area contributed by atoms with Crippen LogP contribution in [0.25, 0.3) is 0 Å². The molecule has 4 unspecified atom stereocenters. The Morgan fingerprint density at radius 1 is 1.15 bits per heavy atom. The van der Waals surface area contributed by atoms with Gasteiger partial charge in [0.1, 0.15) is 0 Å². The van der Waals surface area contributed by atoms with E-state index in [1.54, 1.807) is 0 Å². The van der Waals surface area contributed by atoms with Crippen LogP contribution in [0, 0.1) is 23.7 Å². The minimum atomic E-state index is 0.770. The zero-order valence-corrected chi connectivity index (χ0v) is 9.80. The van der Waals surface area contributed by atoms with Crippen LogP contribution in [0.3, 0.4) is 0 Å². The summed E-state index contributed by atoms with van der Waals surface area (Å²) in [5.74, 6) is 3.52. The summed E-state index contributed by atoms with van der Waals surface area (Å²) in [4.78, 5) is 0. The first-order valence-corrected chi connectivity index (χ1v) is 5.75. The van der Waals surface area contributed by atoms with Gasteiger partial charge in [0.15, 0.2) is 0 Å². The highest BCUT2D eigenvalue weighted by Crippen LogP contribution is 2.39. The maximum absolute atomic E-state index is 3.44. The quantitative estimate of drug-likeness (QED) is 0.709. The maximum Gasteiger partial charge on any atom is 0.00925 e.